The number of amides is 1. The van der Waals surface area contributed by atoms with E-state index in [0.717, 1.165) is 36.7 Å². The molecule has 0 spiro atoms. The Labute approximate surface area is 186 Å². The first kappa shape index (κ1) is 21.9. The molecular weight excluding hydrogens is 414 g/mol. The maximum atomic E-state index is 12.5. The lowest BCUT2D eigenvalue weighted by molar-refractivity contribution is -0.136. The first-order chi connectivity index (χ1) is 15.6. The van der Waals surface area contributed by atoms with Crippen molar-refractivity contribution in [2.75, 3.05) is 58.0 Å². The van der Waals surface area contributed by atoms with Crippen molar-refractivity contribution in [3.8, 4) is 11.5 Å². The Balaban J connectivity index is 1.23. The van der Waals surface area contributed by atoms with E-state index in [-0.39, 0.29) is 25.9 Å². The average Bonchev–Trinajstić information content (AvgIpc) is 3.29. The Hall–Kier alpha value is -3.30. The van der Waals surface area contributed by atoms with Crippen molar-refractivity contribution >= 4 is 17.6 Å². The third-order valence-electron chi connectivity index (χ3n) is 5.47. The number of hydrogen-bond acceptors (Lipinski definition) is 8. The molecule has 1 saturated heterocycles. The molecule has 1 amide bonds. The molecule has 1 fully saturated rings. The maximum Gasteiger partial charge on any atom is 0.340 e. The zero-order valence-electron chi connectivity index (χ0n) is 17.8. The molecule has 2 aromatic carbocycles. The molecule has 9 heteroatoms. The highest BCUT2D eigenvalue weighted by atomic mass is 16.7. The number of nitrogens with one attached hydrogen (secondary N) is 1. The lowest BCUT2D eigenvalue weighted by atomic mass is 10.1. The van der Waals surface area contributed by atoms with E-state index >= 15 is 0 Å². The zero-order valence-corrected chi connectivity index (χ0v) is 17.8. The Morgan fingerprint density at radius 2 is 1.81 bits per heavy atom. The van der Waals surface area contributed by atoms with Gasteiger partial charge in [0, 0.05) is 45.0 Å². The van der Waals surface area contributed by atoms with Gasteiger partial charge in [-0.15, -0.1) is 0 Å². The molecule has 0 saturated carbocycles. The molecule has 2 aliphatic rings. The van der Waals surface area contributed by atoms with Crippen LogP contribution >= 0.6 is 0 Å². The van der Waals surface area contributed by atoms with E-state index in [9.17, 15) is 9.59 Å². The number of hydrogen-bond donors (Lipinski definition) is 2. The van der Waals surface area contributed by atoms with Crippen molar-refractivity contribution in [2.24, 2.45) is 0 Å². The number of para-hydroxylation sites is 1. The van der Waals surface area contributed by atoms with Crippen LogP contribution in [0.1, 0.15) is 15.9 Å². The first-order valence-corrected chi connectivity index (χ1v) is 10.6. The highest BCUT2D eigenvalue weighted by molar-refractivity contribution is 5.96. The molecule has 0 unspecified atom stereocenters. The van der Waals surface area contributed by atoms with E-state index in [1.54, 1.807) is 29.2 Å². The van der Waals surface area contributed by atoms with E-state index in [2.05, 4.69) is 10.2 Å². The summed E-state index contributed by atoms with van der Waals surface area (Å²) in [5, 5.41) is 11.9. The number of esters is 1. The van der Waals surface area contributed by atoms with Gasteiger partial charge < -0.3 is 29.5 Å². The number of carbonyl (C=O) groups excluding carboxylic acids is 2. The molecule has 9 nitrogen and oxygen atoms in total. The van der Waals surface area contributed by atoms with Gasteiger partial charge in [0.2, 0.25) is 6.79 Å². The number of piperazine rings is 1. The molecule has 170 valence electrons. The van der Waals surface area contributed by atoms with Gasteiger partial charge in [-0.05, 0) is 29.8 Å². The maximum absolute atomic E-state index is 12.5. The zero-order chi connectivity index (χ0) is 22.3. The fourth-order valence-electron chi connectivity index (χ4n) is 3.76. The largest absolute Gasteiger partial charge is 0.454 e. The fraction of sp³-hybridized carbons (Fsp3) is 0.391. The van der Waals surface area contributed by atoms with Crippen LogP contribution < -0.4 is 14.8 Å². The van der Waals surface area contributed by atoms with Gasteiger partial charge in [0.1, 0.15) is 0 Å². The van der Waals surface area contributed by atoms with Crippen LogP contribution in [0.3, 0.4) is 0 Å². The molecule has 32 heavy (non-hydrogen) atoms. The monoisotopic (exact) mass is 441 g/mol. The SMILES string of the molecule is O=C(OCC(=O)N1CCN(Cc2ccc3c(c2)OCO3)CC1)c1ccccc1NCCO. The predicted molar refractivity (Wildman–Crippen MR) is 117 cm³/mol. The number of aliphatic hydroxyl groups excluding tert-OH is 1. The van der Waals surface area contributed by atoms with E-state index in [4.69, 9.17) is 19.3 Å². The molecule has 0 atom stereocenters. The van der Waals surface area contributed by atoms with E-state index in [1.807, 2.05) is 18.2 Å². The van der Waals surface area contributed by atoms with Gasteiger partial charge in [-0.3, -0.25) is 9.69 Å². The molecule has 2 heterocycles. The summed E-state index contributed by atoms with van der Waals surface area (Å²) in [4.78, 5) is 29.0. The Morgan fingerprint density at radius 3 is 2.62 bits per heavy atom. The topological polar surface area (TPSA) is 101 Å². The van der Waals surface area contributed by atoms with Gasteiger partial charge in [-0.1, -0.05) is 18.2 Å². The molecule has 0 aliphatic carbocycles. The van der Waals surface area contributed by atoms with Crippen LogP contribution in [0.2, 0.25) is 0 Å². The summed E-state index contributed by atoms with van der Waals surface area (Å²) in [6.45, 7) is 3.63. The minimum Gasteiger partial charge on any atom is -0.454 e. The third kappa shape index (κ3) is 5.30. The van der Waals surface area contributed by atoms with Gasteiger partial charge in [0.25, 0.3) is 5.91 Å². The smallest absolute Gasteiger partial charge is 0.340 e. The van der Waals surface area contributed by atoms with Crippen molar-refractivity contribution in [3.63, 3.8) is 0 Å². The van der Waals surface area contributed by atoms with Crippen molar-refractivity contribution < 1.29 is 28.9 Å². The molecule has 2 aliphatic heterocycles. The van der Waals surface area contributed by atoms with Crippen molar-refractivity contribution in [1.82, 2.24) is 9.80 Å². The van der Waals surface area contributed by atoms with Gasteiger partial charge in [-0.2, -0.15) is 0 Å². The van der Waals surface area contributed by atoms with Crippen LogP contribution in [0.5, 0.6) is 11.5 Å². The summed E-state index contributed by atoms with van der Waals surface area (Å²) in [6, 6.07) is 12.8. The first-order valence-electron chi connectivity index (χ1n) is 10.6. The van der Waals surface area contributed by atoms with Crippen LogP contribution in [0, 0.1) is 0 Å². The van der Waals surface area contributed by atoms with Gasteiger partial charge in [-0.25, -0.2) is 4.79 Å². The Kier molecular flexibility index (Phi) is 7.08. The van der Waals surface area contributed by atoms with Crippen LogP contribution in [-0.4, -0.2) is 79.5 Å². The Morgan fingerprint density at radius 1 is 1.03 bits per heavy atom. The second-order valence-corrected chi connectivity index (χ2v) is 7.62. The average molecular weight is 441 g/mol. The van der Waals surface area contributed by atoms with Crippen molar-refractivity contribution in [2.45, 2.75) is 6.54 Å². The second kappa shape index (κ2) is 10.3. The van der Waals surface area contributed by atoms with E-state index in [0.29, 0.717) is 30.9 Å². The van der Waals surface area contributed by atoms with Gasteiger partial charge in [0.05, 0.1) is 12.2 Å². The summed E-state index contributed by atoms with van der Waals surface area (Å²) >= 11 is 0. The summed E-state index contributed by atoms with van der Waals surface area (Å²) < 4.78 is 16.0. The number of ether oxygens (including phenoxy) is 3. The van der Waals surface area contributed by atoms with Crippen LogP contribution in [-0.2, 0) is 16.1 Å². The third-order valence-corrected chi connectivity index (χ3v) is 5.47. The summed E-state index contributed by atoms with van der Waals surface area (Å²) in [5.74, 6) is 0.763. The number of fused-ring (bicyclic) bond motifs is 1. The summed E-state index contributed by atoms with van der Waals surface area (Å²) in [7, 11) is 0. The fourth-order valence-corrected chi connectivity index (χ4v) is 3.76. The van der Waals surface area contributed by atoms with Gasteiger partial charge >= 0.3 is 5.97 Å². The lowest BCUT2D eigenvalue weighted by Crippen LogP contribution is -2.49. The van der Waals surface area contributed by atoms with Crippen LogP contribution in [0.4, 0.5) is 5.69 Å². The van der Waals surface area contributed by atoms with Crippen LogP contribution in [0.15, 0.2) is 42.5 Å². The van der Waals surface area contributed by atoms with Gasteiger partial charge in [0.15, 0.2) is 18.1 Å². The number of carbonyl (C=O) groups is 2. The molecular formula is C23H27N3O6. The number of rotatable bonds is 8. The standard InChI is InChI=1S/C23H27N3O6/c27-12-7-24-19-4-2-1-3-18(19)23(29)30-15-22(28)26-10-8-25(9-11-26)14-17-5-6-20-21(13-17)32-16-31-20/h1-6,13,24,27H,7-12,14-16H2. The molecule has 0 radical (unpaired) electrons. The van der Waals surface area contributed by atoms with Crippen LogP contribution in [0.25, 0.3) is 0 Å². The van der Waals surface area contributed by atoms with Crippen molar-refractivity contribution in [1.29, 1.82) is 0 Å². The van der Waals surface area contributed by atoms with E-state index in [1.165, 1.54) is 0 Å². The summed E-state index contributed by atoms with van der Waals surface area (Å²) in [6.07, 6.45) is 0. The predicted octanol–water partition coefficient (Wildman–Crippen LogP) is 1.32. The summed E-state index contributed by atoms with van der Waals surface area (Å²) in [5.41, 5.74) is 2.04. The second-order valence-electron chi connectivity index (χ2n) is 7.62. The molecule has 2 aromatic rings. The number of benzene rings is 2. The highest BCUT2D eigenvalue weighted by Crippen LogP contribution is 2.32. The quantitative estimate of drug-likeness (QED) is 0.592. The Bertz CT molecular complexity index is 958. The highest BCUT2D eigenvalue weighted by Gasteiger charge is 2.23. The van der Waals surface area contributed by atoms with E-state index < -0.39 is 5.97 Å². The number of anilines is 1. The number of aliphatic hydroxyl groups is 1. The normalized spacial score (nSPS) is 15.5. The minimum absolute atomic E-state index is 0.0531. The molecule has 0 bridgehead atoms. The lowest BCUT2D eigenvalue weighted by Gasteiger charge is -2.34. The van der Waals surface area contributed by atoms with Crippen molar-refractivity contribution in [3.05, 3.63) is 53.6 Å². The molecule has 2 N–H and O–H groups in total. The molecule has 0 aromatic heterocycles. The molecule has 4 rings (SSSR count). The minimum atomic E-state index is -0.569. The number of nitrogens with zero attached hydrogens (tertiary/aromatic N) is 2.